The van der Waals surface area contributed by atoms with Crippen LogP contribution in [0.4, 0.5) is 0 Å². The van der Waals surface area contributed by atoms with Gasteiger partial charge in [0.05, 0.1) is 12.5 Å². The number of primary amides is 1. The molecule has 1 fully saturated rings. The van der Waals surface area contributed by atoms with E-state index in [1.165, 1.54) is 12.5 Å². The number of rotatable bonds is 2. The number of likely N-dealkylation sites (tertiary alicyclic amines) is 1. The Morgan fingerprint density at radius 2 is 2.28 bits per heavy atom. The molecular weight excluding hydrogens is 232 g/mol. The SMILES string of the molecule is C#CC(=O)N1CCCCC1n1cncc1C(N)=O. The van der Waals surface area contributed by atoms with E-state index in [1.54, 1.807) is 9.47 Å². The van der Waals surface area contributed by atoms with Crippen LogP contribution in [0.15, 0.2) is 12.5 Å². The van der Waals surface area contributed by atoms with Gasteiger partial charge in [0.15, 0.2) is 0 Å². The van der Waals surface area contributed by atoms with Crippen LogP contribution in [0.2, 0.25) is 0 Å². The molecule has 94 valence electrons. The maximum absolute atomic E-state index is 11.7. The Hall–Kier alpha value is -2.29. The quantitative estimate of drug-likeness (QED) is 0.753. The van der Waals surface area contributed by atoms with Crippen LogP contribution in [0.5, 0.6) is 0 Å². The molecule has 0 spiro atoms. The average molecular weight is 246 g/mol. The zero-order chi connectivity index (χ0) is 13.1. The Morgan fingerprint density at radius 3 is 2.94 bits per heavy atom. The number of amides is 2. The van der Waals surface area contributed by atoms with Crippen LogP contribution in [-0.2, 0) is 4.79 Å². The molecule has 1 aromatic heterocycles. The van der Waals surface area contributed by atoms with Crippen LogP contribution in [0.3, 0.4) is 0 Å². The van der Waals surface area contributed by atoms with E-state index in [2.05, 4.69) is 10.9 Å². The summed E-state index contributed by atoms with van der Waals surface area (Å²) in [5.41, 5.74) is 5.56. The highest BCUT2D eigenvalue weighted by molar-refractivity contribution is 5.93. The molecule has 0 radical (unpaired) electrons. The maximum Gasteiger partial charge on any atom is 0.299 e. The second-order valence-electron chi connectivity index (χ2n) is 4.17. The Morgan fingerprint density at radius 1 is 1.50 bits per heavy atom. The van der Waals surface area contributed by atoms with Crippen LogP contribution >= 0.6 is 0 Å². The fourth-order valence-electron chi connectivity index (χ4n) is 2.26. The minimum atomic E-state index is -0.564. The molecular formula is C12H14N4O2. The fourth-order valence-corrected chi connectivity index (χ4v) is 2.26. The zero-order valence-electron chi connectivity index (χ0n) is 9.87. The summed E-state index contributed by atoms with van der Waals surface area (Å²) in [6.07, 6.45) is 10.4. The Kier molecular flexibility index (Phi) is 3.33. The summed E-state index contributed by atoms with van der Waals surface area (Å²) in [4.78, 5) is 28.5. The first-order valence-corrected chi connectivity index (χ1v) is 5.74. The highest BCUT2D eigenvalue weighted by atomic mass is 16.2. The topological polar surface area (TPSA) is 81.2 Å². The van der Waals surface area contributed by atoms with Crippen molar-refractivity contribution in [2.24, 2.45) is 5.73 Å². The lowest BCUT2D eigenvalue weighted by Gasteiger charge is -2.35. The second-order valence-corrected chi connectivity index (χ2v) is 4.17. The first-order chi connectivity index (χ1) is 8.65. The first kappa shape index (κ1) is 12.2. The predicted octanol–water partition coefficient (Wildman–Crippen LogP) is 0.126. The van der Waals surface area contributed by atoms with Crippen molar-refractivity contribution in [3.63, 3.8) is 0 Å². The van der Waals surface area contributed by atoms with Crippen molar-refractivity contribution in [1.82, 2.24) is 14.5 Å². The summed E-state index contributed by atoms with van der Waals surface area (Å²) in [5, 5.41) is 0. The number of carbonyl (C=O) groups is 2. The van der Waals surface area contributed by atoms with Crippen LogP contribution in [-0.4, -0.2) is 32.8 Å². The normalized spacial score (nSPS) is 19.3. The number of nitrogens with two attached hydrogens (primary N) is 1. The molecule has 1 unspecified atom stereocenters. The summed E-state index contributed by atoms with van der Waals surface area (Å²) < 4.78 is 1.62. The average Bonchev–Trinajstić information content (AvgIpc) is 2.87. The van der Waals surface area contributed by atoms with Gasteiger partial charge in [0.2, 0.25) is 0 Å². The van der Waals surface area contributed by atoms with Gasteiger partial charge in [-0.05, 0) is 25.2 Å². The standard InChI is InChI=1S/C12H14N4O2/c1-2-11(17)15-6-4-3-5-10(15)16-8-14-7-9(16)12(13)18/h1,7-8,10H,3-6H2,(H2,13,18). The van der Waals surface area contributed by atoms with Crippen LogP contribution in [0, 0.1) is 12.3 Å². The number of hydrogen-bond acceptors (Lipinski definition) is 3. The van der Waals surface area contributed by atoms with Crippen LogP contribution in [0.1, 0.15) is 35.9 Å². The minimum absolute atomic E-state index is 0.271. The van der Waals surface area contributed by atoms with Crippen molar-refractivity contribution >= 4 is 11.8 Å². The monoisotopic (exact) mass is 246 g/mol. The second kappa shape index (κ2) is 4.92. The summed E-state index contributed by atoms with van der Waals surface area (Å²) in [6.45, 7) is 0.587. The van der Waals surface area contributed by atoms with Gasteiger partial charge in [0.1, 0.15) is 11.9 Å². The molecule has 2 N–H and O–H groups in total. The molecule has 2 rings (SSSR count). The lowest BCUT2D eigenvalue weighted by molar-refractivity contribution is -0.130. The molecule has 0 aliphatic carbocycles. The van der Waals surface area contributed by atoms with Gasteiger partial charge in [-0.15, -0.1) is 6.42 Å². The van der Waals surface area contributed by atoms with Gasteiger partial charge in [0.25, 0.3) is 11.8 Å². The van der Waals surface area contributed by atoms with E-state index < -0.39 is 5.91 Å². The summed E-state index contributed by atoms with van der Waals surface area (Å²) >= 11 is 0. The van der Waals surface area contributed by atoms with Gasteiger partial charge >= 0.3 is 0 Å². The van der Waals surface area contributed by atoms with Crippen molar-refractivity contribution in [3.8, 4) is 12.3 Å². The van der Waals surface area contributed by atoms with Gasteiger partial charge in [-0.1, -0.05) is 0 Å². The molecule has 0 bridgehead atoms. The molecule has 0 saturated carbocycles. The lowest BCUT2D eigenvalue weighted by atomic mass is 10.1. The number of nitrogens with zero attached hydrogens (tertiary/aromatic N) is 3. The Balaban J connectivity index is 2.34. The molecule has 1 atom stereocenters. The number of piperidine rings is 1. The first-order valence-electron chi connectivity index (χ1n) is 5.74. The van der Waals surface area contributed by atoms with Gasteiger partial charge in [-0.3, -0.25) is 9.59 Å². The highest BCUT2D eigenvalue weighted by Gasteiger charge is 2.29. The third kappa shape index (κ3) is 2.07. The van der Waals surface area contributed by atoms with Crippen molar-refractivity contribution in [2.45, 2.75) is 25.4 Å². The Labute approximate surface area is 105 Å². The number of carbonyl (C=O) groups excluding carboxylic acids is 2. The third-order valence-electron chi connectivity index (χ3n) is 3.10. The molecule has 2 heterocycles. The Bertz CT molecular complexity index is 514. The molecule has 1 saturated heterocycles. The van der Waals surface area contributed by atoms with Crippen molar-refractivity contribution in [2.75, 3.05) is 6.54 Å². The number of imidazole rings is 1. The van der Waals surface area contributed by atoms with E-state index in [0.717, 1.165) is 19.3 Å². The number of terminal acetylenes is 1. The molecule has 1 aliphatic rings. The summed E-state index contributed by atoms with van der Waals surface area (Å²) in [5.74, 6) is 1.18. The van der Waals surface area contributed by atoms with Crippen molar-refractivity contribution in [3.05, 3.63) is 18.2 Å². The van der Waals surface area contributed by atoms with Gasteiger partial charge in [-0.25, -0.2) is 4.98 Å². The molecule has 1 aromatic rings. The highest BCUT2D eigenvalue weighted by Crippen LogP contribution is 2.27. The number of aromatic nitrogens is 2. The van der Waals surface area contributed by atoms with E-state index in [4.69, 9.17) is 12.2 Å². The van der Waals surface area contributed by atoms with E-state index in [0.29, 0.717) is 6.54 Å². The molecule has 0 aromatic carbocycles. The third-order valence-corrected chi connectivity index (χ3v) is 3.10. The number of hydrogen-bond donors (Lipinski definition) is 1. The lowest BCUT2D eigenvalue weighted by Crippen LogP contribution is -2.41. The van der Waals surface area contributed by atoms with Gasteiger partial charge in [0, 0.05) is 6.54 Å². The van der Waals surface area contributed by atoms with Gasteiger partial charge in [-0.2, -0.15) is 0 Å². The van der Waals surface area contributed by atoms with E-state index in [1.807, 2.05) is 0 Å². The molecule has 2 amide bonds. The predicted molar refractivity (Wildman–Crippen MR) is 64.2 cm³/mol. The summed E-state index contributed by atoms with van der Waals surface area (Å²) in [6, 6.07) is 0. The zero-order valence-corrected chi connectivity index (χ0v) is 9.87. The van der Waals surface area contributed by atoms with Crippen molar-refractivity contribution in [1.29, 1.82) is 0 Å². The molecule has 18 heavy (non-hydrogen) atoms. The van der Waals surface area contributed by atoms with Crippen LogP contribution < -0.4 is 5.73 Å². The van der Waals surface area contributed by atoms with Crippen LogP contribution in [0.25, 0.3) is 0 Å². The molecule has 6 nitrogen and oxygen atoms in total. The molecule has 1 aliphatic heterocycles. The van der Waals surface area contributed by atoms with E-state index in [9.17, 15) is 9.59 Å². The smallest absolute Gasteiger partial charge is 0.299 e. The molecule has 6 heteroatoms. The largest absolute Gasteiger partial charge is 0.364 e. The van der Waals surface area contributed by atoms with Crippen molar-refractivity contribution < 1.29 is 9.59 Å². The fraction of sp³-hybridized carbons (Fsp3) is 0.417. The van der Waals surface area contributed by atoms with E-state index >= 15 is 0 Å². The van der Waals surface area contributed by atoms with E-state index in [-0.39, 0.29) is 17.8 Å². The maximum atomic E-state index is 11.7. The minimum Gasteiger partial charge on any atom is -0.364 e. The van der Waals surface area contributed by atoms with Gasteiger partial charge < -0.3 is 15.2 Å². The summed E-state index contributed by atoms with van der Waals surface area (Å²) in [7, 11) is 0.